The van der Waals surface area contributed by atoms with Crippen molar-refractivity contribution in [2.24, 2.45) is 0 Å². The summed E-state index contributed by atoms with van der Waals surface area (Å²) in [5, 5.41) is 0. The maximum absolute atomic E-state index is 11.4. The zero-order chi connectivity index (χ0) is 11.1. The minimum Gasteiger partial charge on any atom is -0.331 e. The van der Waals surface area contributed by atoms with Crippen molar-refractivity contribution in [3.8, 4) is 10.7 Å². The van der Waals surface area contributed by atoms with Crippen LogP contribution < -0.4 is 11.2 Å². The molecule has 0 aliphatic rings. The summed E-state index contributed by atoms with van der Waals surface area (Å²) in [5.74, 6) is 0.518. The van der Waals surface area contributed by atoms with Crippen molar-refractivity contribution in [2.75, 3.05) is 0 Å². The lowest BCUT2D eigenvalue weighted by atomic mass is 10.5. The number of rotatable bonds is 1. The van der Waals surface area contributed by atoms with E-state index < -0.39 is 11.2 Å². The second-order valence-electron chi connectivity index (χ2n) is 3.08. The van der Waals surface area contributed by atoms with Gasteiger partial charge < -0.3 is 4.98 Å². The van der Waals surface area contributed by atoms with Gasteiger partial charge in [-0.1, -0.05) is 0 Å². The van der Waals surface area contributed by atoms with Gasteiger partial charge in [0.25, 0.3) is 5.56 Å². The Bertz CT molecular complexity index is 751. The van der Waals surface area contributed by atoms with E-state index in [0.717, 1.165) is 4.88 Å². The van der Waals surface area contributed by atoms with Crippen LogP contribution in [0.5, 0.6) is 0 Å². The van der Waals surface area contributed by atoms with E-state index in [1.165, 1.54) is 11.3 Å². The Kier molecular flexibility index (Phi) is 1.77. The summed E-state index contributed by atoms with van der Waals surface area (Å²) in [6.45, 7) is 0. The van der Waals surface area contributed by atoms with E-state index >= 15 is 0 Å². The zero-order valence-electron chi connectivity index (χ0n) is 7.77. The van der Waals surface area contributed by atoms with Gasteiger partial charge in [0, 0.05) is 6.20 Å². The summed E-state index contributed by atoms with van der Waals surface area (Å²) >= 11 is 1.39. The predicted octanol–water partition coefficient (Wildman–Crippen LogP) is 0.0630. The molecule has 0 unspecified atom stereocenters. The van der Waals surface area contributed by atoms with Gasteiger partial charge in [0.05, 0.1) is 10.4 Å². The molecule has 3 aromatic rings. The summed E-state index contributed by atoms with van der Waals surface area (Å²) in [7, 11) is 0. The van der Waals surface area contributed by atoms with E-state index in [4.69, 9.17) is 0 Å². The average molecular weight is 235 g/mol. The third kappa shape index (κ3) is 1.27. The number of hydrogen-bond donors (Lipinski definition) is 3. The summed E-state index contributed by atoms with van der Waals surface area (Å²) in [6.07, 6.45) is 1.63. The Morgan fingerprint density at radius 1 is 1.19 bits per heavy atom. The Morgan fingerprint density at radius 2 is 2.06 bits per heavy atom. The molecule has 0 amide bonds. The van der Waals surface area contributed by atoms with Crippen molar-refractivity contribution >= 4 is 22.5 Å². The minimum absolute atomic E-state index is 0.247. The molecule has 3 rings (SSSR count). The van der Waals surface area contributed by atoms with Crippen LogP contribution in [0.25, 0.3) is 21.9 Å². The van der Waals surface area contributed by atoms with Gasteiger partial charge in [-0.25, -0.2) is 9.78 Å². The zero-order valence-corrected chi connectivity index (χ0v) is 8.59. The molecule has 7 nitrogen and oxygen atoms in total. The summed E-state index contributed by atoms with van der Waals surface area (Å²) in [6, 6.07) is 0. The number of imidazole rings is 1. The van der Waals surface area contributed by atoms with Gasteiger partial charge >= 0.3 is 5.69 Å². The van der Waals surface area contributed by atoms with Crippen LogP contribution in [0.2, 0.25) is 0 Å². The predicted molar refractivity (Wildman–Crippen MR) is 58.4 cm³/mol. The standard InChI is InChI=1S/C8H5N5O2S/c14-7-4-6(12-8(15)13-7)11-5(10-4)3-1-9-2-16-3/h1-2H,(H3,10,11,12,13,14,15). The molecule has 0 aliphatic carbocycles. The molecule has 8 heteroatoms. The number of nitrogens with one attached hydrogen (secondary N) is 3. The van der Waals surface area contributed by atoms with Gasteiger partial charge in [-0.15, -0.1) is 11.3 Å². The van der Waals surface area contributed by atoms with Gasteiger partial charge in [0.1, 0.15) is 5.52 Å². The monoisotopic (exact) mass is 235 g/mol. The van der Waals surface area contributed by atoms with Crippen LogP contribution in [0.1, 0.15) is 0 Å². The molecule has 0 radical (unpaired) electrons. The number of hydrogen-bond acceptors (Lipinski definition) is 5. The first-order valence-corrected chi connectivity index (χ1v) is 5.23. The molecule has 0 saturated heterocycles. The number of nitrogens with zero attached hydrogens (tertiary/aromatic N) is 2. The Hall–Kier alpha value is -2.22. The molecule has 3 aromatic heterocycles. The maximum atomic E-state index is 11.4. The molecular weight excluding hydrogens is 230 g/mol. The van der Waals surface area contributed by atoms with E-state index in [2.05, 4.69) is 24.9 Å². The van der Waals surface area contributed by atoms with Crippen molar-refractivity contribution < 1.29 is 0 Å². The van der Waals surface area contributed by atoms with Crippen LogP contribution in [0.15, 0.2) is 21.3 Å². The van der Waals surface area contributed by atoms with E-state index in [1.54, 1.807) is 11.7 Å². The number of thiazole rings is 1. The number of aromatic nitrogens is 5. The van der Waals surface area contributed by atoms with Crippen molar-refractivity contribution in [3.63, 3.8) is 0 Å². The smallest absolute Gasteiger partial charge is 0.327 e. The molecule has 80 valence electrons. The fourth-order valence-electron chi connectivity index (χ4n) is 1.38. The van der Waals surface area contributed by atoms with Crippen molar-refractivity contribution in [3.05, 3.63) is 32.5 Å². The van der Waals surface area contributed by atoms with Crippen molar-refractivity contribution in [2.45, 2.75) is 0 Å². The molecular formula is C8H5N5O2S. The Labute approximate surface area is 91.2 Å². The lowest BCUT2D eigenvalue weighted by Crippen LogP contribution is -2.21. The summed E-state index contributed by atoms with van der Waals surface area (Å²) in [5.41, 5.74) is 1.11. The Balaban J connectivity index is 2.36. The minimum atomic E-state index is -0.570. The molecule has 3 heterocycles. The van der Waals surface area contributed by atoms with E-state index in [0.29, 0.717) is 5.82 Å². The first kappa shape index (κ1) is 9.04. The molecule has 0 atom stereocenters. The summed E-state index contributed by atoms with van der Waals surface area (Å²) in [4.78, 5) is 38.7. The van der Waals surface area contributed by atoms with Crippen LogP contribution in [0.4, 0.5) is 0 Å². The van der Waals surface area contributed by atoms with Gasteiger partial charge in [-0.05, 0) is 0 Å². The SMILES string of the molecule is O=c1[nH]c(=O)c2[nH]c(-c3cncs3)nc2[nH]1. The fourth-order valence-corrected chi connectivity index (χ4v) is 1.95. The first-order valence-electron chi connectivity index (χ1n) is 4.35. The molecule has 3 N–H and O–H groups in total. The van der Waals surface area contributed by atoms with Crippen molar-refractivity contribution in [1.29, 1.82) is 0 Å². The molecule has 16 heavy (non-hydrogen) atoms. The second kappa shape index (κ2) is 3.14. The second-order valence-corrected chi connectivity index (χ2v) is 3.97. The lowest BCUT2D eigenvalue weighted by molar-refractivity contribution is 1.07. The first-order chi connectivity index (χ1) is 7.74. The fraction of sp³-hybridized carbons (Fsp3) is 0. The molecule has 0 aromatic carbocycles. The summed E-state index contributed by atoms with van der Waals surface area (Å²) < 4.78 is 0. The van der Waals surface area contributed by atoms with E-state index in [1.807, 2.05) is 0 Å². The van der Waals surface area contributed by atoms with E-state index in [-0.39, 0.29) is 11.2 Å². The quantitative estimate of drug-likeness (QED) is 0.554. The molecule has 0 saturated carbocycles. The highest BCUT2D eigenvalue weighted by molar-refractivity contribution is 7.13. The largest absolute Gasteiger partial charge is 0.331 e. The Morgan fingerprint density at radius 3 is 2.81 bits per heavy atom. The average Bonchev–Trinajstić information content (AvgIpc) is 2.82. The number of fused-ring (bicyclic) bond motifs is 1. The van der Waals surface area contributed by atoms with Crippen LogP contribution in [-0.2, 0) is 0 Å². The third-order valence-electron chi connectivity index (χ3n) is 2.06. The molecule has 0 bridgehead atoms. The van der Waals surface area contributed by atoms with Gasteiger partial charge in [0.2, 0.25) is 0 Å². The van der Waals surface area contributed by atoms with Crippen LogP contribution in [-0.4, -0.2) is 24.9 Å². The highest BCUT2D eigenvalue weighted by atomic mass is 32.1. The van der Waals surface area contributed by atoms with Gasteiger partial charge in [0.15, 0.2) is 11.5 Å². The highest BCUT2D eigenvalue weighted by Crippen LogP contribution is 2.20. The van der Waals surface area contributed by atoms with Crippen LogP contribution in [0.3, 0.4) is 0 Å². The normalized spacial score (nSPS) is 11.0. The number of aromatic amines is 3. The lowest BCUT2D eigenvalue weighted by Gasteiger charge is -1.84. The highest BCUT2D eigenvalue weighted by Gasteiger charge is 2.09. The van der Waals surface area contributed by atoms with Crippen LogP contribution in [0, 0.1) is 0 Å². The third-order valence-corrected chi connectivity index (χ3v) is 2.84. The topological polar surface area (TPSA) is 107 Å². The van der Waals surface area contributed by atoms with Gasteiger partial charge in [-0.3, -0.25) is 19.7 Å². The molecule has 0 aliphatic heterocycles. The number of H-pyrrole nitrogens is 3. The molecule has 0 fully saturated rings. The maximum Gasteiger partial charge on any atom is 0.327 e. The molecule has 0 spiro atoms. The van der Waals surface area contributed by atoms with Gasteiger partial charge in [-0.2, -0.15) is 0 Å². The van der Waals surface area contributed by atoms with Crippen molar-refractivity contribution in [1.82, 2.24) is 24.9 Å². The van der Waals surface area contributed by atoms with E-state index in [9.17, 15) is 9.59 Å². The van der Waals surface area contributed by atoms with Crippen LogP contribution >= 0.6 is 11.3 Å².